The van der Waals surface area contributed by atoms with Crippen LogP contribution in [0.3, 0.4) is 0 Å². The highest BCUT2D eigenvalue weighted by Gasteiger charge is 2.24. The van der Waals surface area contributed by atoms with Crippen LogP contribution in [0.5, 0.6) is 0 Å². The van der Waals surface area contributed by atoms with Crippen molar-refractivity contribution in [1.29, 1.82) is 0 Å². The van der Waals surface area contributed by atoms with Gasteiger partial charge in [-0.2, -0.15) is 0 Å². The molecule has 1 aromatic rings. The summed E-state index contributed by atoms with van der Waals surface area (Å²) >= 11 is 11.7. The zero-order valence-electron chi connectivity index (χ0n) is 11.8. The van der Waals surface area contributed by atoms with Crippen molar-refractivity contribution < 1.29 is 8.42 Å². The Morgan fingerprint density at radius 3 is 2.40 bits per heavy atom. The standard InChI is InChI=1S/C13H20Cl2N2O2S/c1-4-8(2)5-9(3)17-20(18,19)13-11(15)6-10(14)7-12(13)16/h6-9,17H,4-5,16H2,1-3H3. The van der Waals surface area contributed by atoms with Crippen LogP contribution in [0.2, 0.25) is 10.0 Å². The summed E-state index contributed by atoms with van der Waals surface area (Å²) in [5.41, 5.74) is 5.77. The topological polar surface area (TPSA) is 72.2 Å². The van der Waals surface area contributed by atoms with E-state index in [4.69, 9.17) is 28.9 Å². The normalized spacial score (nSPS) is 15.1. The summed E-state index contributed by atoms with van der Waals surface area (Å²) in [7, 11) is -3.76. The van der Waals surface area contributed by atoms with Crippen molar-refractivity contribution in [2.75, 3.05) is 5.73 Å². The Morgan fingerprint density at radius 2 is 1.90 bits per heavy atom. The number of benzene rings is 1. The highest BCUT2D eigenvalue weighted by molar-refractivity contribution is 7.89. The molecule has 0 radical (unpaired) electrons. The predicted octanol–water partition coefficient (Wildman–Crippen LogP) is 3.68. The second-order valence-electron chi connectivity index (χ2n) is 5.08. The molecule has 0 saturated carbocycles. The summed E-state index contributed by atoms with van der Waals surface area (Å²) in [5.74, 6) is 0.436. The quantitative estimate of drug-likeness (QED) is 0.777. The zero-order valence-corrected chi connectivity index (χ0v) is 14.1. The second kappa shape index (κ2) is 6.98. The van der Waals surface area contributed by atoms with Gasteiger partial charge < -0.3 is 5.73 Å². The first-order valence-electron chi connectivity index (χ1n) is 6.44. The zero-order chi connectivity index (χ0) is 15.5. The van der Waals surface area contributed by atoms with E-state index in [1.165, 1.54) is 12.1 Å². The van der Waals surface area contributed by atoms with Gasteiger partial charge in [-0.3, -0.25) is 0 Å². The molecule has 7 heteroatoms. The van der Waals surface area contributed by atoms with Gasteiger partial charge in [0, 0.05) is 11.1 Å². The maximum atomic E-state index is 12.3. The SMILES string of the molecule is CCC(C)CC(C)NS(=O)(=O)c1c(N)cc(Cl)cc1Cl. The third-order valence-electron chi connectivity index (χ3n) is 3.12. The van der Waals surface area contributed by atoms with Crippen molar-refractivity contribution >= 4 is 38.9 Å². The fourth-order valence-corrected chi connectivity index (χ4v) is 4.25. The lowest BCUT2D eigenvalue weighted by atomic mass is 10.0. The number of hydrogen-bond acceptors (Lipinski definition) is 3. The van der Waals surface area contributed by atoms with Crippen molar-refractivity contribution in [1.82, 2.24) is 4.72 Å². The van der Waals surface area contributed by atoms with E-state index in [-0.39, 0.29) is 21.6 Å². The number of rotatable bonds is 6. The minimum atomic E-state index is -3.76. The highest BCUT2D eigenvalue weighted by Crippen LogP contribution is 2.31. The molecule has 2 atom stereocenters. The van der Waals surface area contributed by atoms with E-state index in [0.717, 1.165) is 12.8 Å². The Morgan fingerprint density at radius 1 is 1.30 bits per heavy atom. The van der Waals surface area contributed by atoms with Gasteiger partial charge in [-0.15, -0.1) is 0 Å². The third-order valence-corrected chi connectivity index (χ3v) is 5.45. The van der Waals surface area contributed by atoms with E-state index in [1.807, 2.05) is 6.92 Å². The molecule has 4 nitrogen and oxygen atoms in total. The van der Waals surface area contributed by atoms with Crippen LogP contribution < -0.4 is 10.5 Å². The summed E-state index contributed by atoms with van der Waals surface area (Å²) in [6.07, 6.45) is 1.75. The molecule has 0 spiro atoms. The van der Waals surface area contributed by atoms with Gasteiger partial charge in [-0.05, 0) is 31.4 Å². The first-order chi connectivity index (χ1) is 9.17. The number of sulfonamides is 1. The van der Waals surface area contributed by atoms with Crippen LogP contribution in [-0.4, -0.2) is 14.5 Å². The van der Waals surface area contributed by atoms with Crippen molar-refractivity contribution in [3.63, 3.8) is 0 Å². The molecule has 0 saturated heterocycles. The average Bonchev–Trinajstić information content (AvgIpc) is 2.25. The van der Waals surface area contributed by atoms with Crippen molar-refractivity contribution in [3.05, 3.63) is 22.2 Å². The molecule has 20 heavy (non-hydrogen) atoms. The minimum Gasteiger partial charge on any atom is -0.398 e. The molecular weight excluding hydrogens is 319 g/mol. The summed E-state index contributed by atoms with van der Waals surface area (Å²) in [5, 5.41) is 0.331. The Kier molecular flexibility index (Phi) is 6.13. The van der Waals surface area contributed by atoms with Crippen molar-refractivity contribution in [2.24, 2.45) is 5.92 Å². The fourth-order valence-electron chi connectivity index (χ4n) is 2.01. The lowest BCUT2D eigenvalue weighted by Gasteiger charge is -2.19. The fraction of sp³-hybridized carbons (Fsp3) is 0.538. The molecule has 0 bridgehead atoms. The molecular formula is C13H20Cl2N2O2S. The Bertz CT molecular complexity index is 553. The first kappa shape index (κ1) is 17.6. The van der Waals surface area contributed by atoms with E-state index in [1.54, 1.807) is 0 Å². The second-order valence-corrected chi connectivity index (χ2v) is 7.57. The summed E-state index contributed by atoms with van der Waals surface area (Å²) in [6, 6.07) is 2.55. The largest absolute Gasteiger partial charge is 0.398 e. The van der Waals surface area contributed by atoms with Gasteiger partial charge in [0.2, 0.25) is 10.0 Å². The van der Waals surface area contributed by atoms with Crippen LogP contribution in [0, 0.1) is 5.92 Å². The summed E-state index contributed by atoms with van der Waals surface area (Å²) in [4.78, 5) is -0.112. The number of halogens is 2. The van der Waals surface area contributed by atoms with Crippen LogP contribution in [0.25, 0.3) is 0 Å². The number of hydrogen-bond donors (Lipinski definition) is 2. The molecule has 0 fully saturated rings. The molecule has 1 rings (SSSR count). The van der Waals surface area contributed by atoms with Crippen LogP contribution in [0.4, 0.5) is 5.69 Å². The van der Waals surface area contributed by atoms with Crippen molar-refractivity contribution in [2.45, 2.75) is 44.6 Å². The van der Waals surface area contributed by atoms with Gasteiger partial charge in [-0.1, -0.05) is 43.5 Å². The van der Waals surface area contributed by atoms with E-state index >= 15 is 0 Å². The molecule has 0 aliphatic rings. The summed E-state index contributed by atoms with van der Waals surface area (Å²) in [6.45, 7) is 5.97. The third kappa shape index (κ3) is 4.52. The molecule has 0 amide bonds. The smallest absolute Gasteiger partial charge is 0.244 e. The van der Waals surface area contributed by atoms with Gasteiger partial charge in [0.05, 0.1) is 10.7 Å². The molecule has 0 aliphatic heterocycles. The number of nitrogens with one attached hydrogen (secondary N) is 1. The number of nitrogens with two attached hydrogens (primary N) is 1. The van der Waals surface area contributed by atoms with Gasteiger partial charge in [-0.25, -0.2) is 13.1 Å². The van der Waals surface area contributed by atoms with Crippen LogP contribution in [-0.2, 0) is 10.0 Å². The Hall–Kier alpha value is -0.490. The average molecular weight is 339 g/mol. The van der Waals surface area contributed by atoms with E-state index < -0.39 is 10.0 Å². The monoisotopic (exact) mass is 338 g/mol. The molecule has 2 unspecified atom stereocenters. The van der Waals surface area contributed by atoms with Gasteiger partial charge in [0.25, 0.3) is 0 Å². The molecule has 114 valence electrons. The molecule has 3 N–H and O–H groups in total. The van der Waals surface area contributed by atoms with Crippen LogP contribution in [0.15, 0.2) is 17.0 Å². The molecule has 0 aliphatic carbocycles. The Labute approximate surface area is 130 Å². The maximum Gasteiger partial charge on any atom is 0.244 e. The van der Waals surface area contributed by atoms with Gasteiger partial charge in [0.1, 0.15) is 4.90 Å². The molecule has 0 aromatic heterocycles. The van der Waals surface area contributed by atoms with E-state index in [9.17, 15) is 8.42 Å². The minimum absolute atomic E-state index is 0.0261. The van der Waals surface area contributed by atoms with Crippen molar-refractivity contribution in [3.8, 4) is 0 Å². The highest BCUT2D eigenvalue weighted by atomic mass is 35.5. The summed E-state index contributed by atoms with van der Waals surface area (Å²) < 4.78 is 27.3. The lowest BCUT2D eigenvalue weighted by Crippen LogP contribution is -2.34. The van der Waals surface area contributed by atoms with Gasteiger partial charge >= 0.3 is 0 Å². The molecule has 1 aromatic carbocycles. The predicted molar refractivity (Wildman–Crippen MR) is 84.7 cm³/mol. The van der Waals surface area contributed by atoms with Crippen LogP contribution >= 0.6 is 23.2 Å². The lowest BCUT2D eigenvalue weighted by molar-refractivity contribution is 0.445. The van der Waals surface area contributed by atoms with E-state index in [0.29, 0.717) is 10.9 Å². The number of anilines is 1. The van der Waals surface area contributed by atoms with E-state index in [2.05, 4.69) is 18.6 Å². The maximum absolute atomic E-state index is 12.3. The van der Waals surface area contributed by atoms with Gasteiger partial charge in [0.15, 0.2) is 0 Å². The number of nitrogen functional groups attached to an aromatic ring is 1. The molecule has 0 heterocycles. The van der Waals surface area contributed by atoms with Crippen LogP contribution in [0.1, 0.15) is 33.6 Å². The Balaban J connectivity index is 3.01. The first-order valence-corrected chi connectivity index (χ1v) is 8.68.